The van der Waals surface area contributed by atoms with Gasteiger partial charge in [-0.3, -0.25) is 9.20 Å². The first-order chi connectivity index (χ1) is 16.0. The molecule has 3 N–H and O–H groups in total. The zero-order chi connectivity index (χ0) is 25.0. The number of benzene rings is 1. The summed E-state index contributed by atoms with van der Waals surface area (Å²) in [7, 11) is 0. The van der Waals surface area contributed by atoms with E-state index in [9.17, 15) is 31.9 Å². The lowest BCUT2D eigenvalue weighted by Crippen LogP contribution is -2.40. The van der Waals surface area contributed by atoms with Gasteiger partial charge in [0.2, 0.25) is 0 Å². The highest BCUT2D eigenvalue weighted by molar-refractivity contribution is 5.95. The van der Waals surface area contributed by atoms with Crippen molar-refractivity contribution < 1.29 is 41.7 Å². The Hall–Kier alpha value is -3.25. The second-order valence-corrected chi connectivity index (χ2v) is 7.59. The normalized spacial score (nSPS) is 13.6. The minimum Gasteiger partial charge on any atom is -0.485 e. The number of nitrogens with one attached hydrogen (secondary N) is 1. The zero-order valence-corrected chi connectivity index (χ0v) is 17.9. The van der Waals surface area contributed by atoms with E-state index >= 15 is 0 Å². The molecule has 0 aliphatic rings. The van der Waals surface area contributed by atoms with Crippen LogP contribution in [0.1, 0.15) is 34.6 Å². The SMILES string of the molecule is Cc1nc2c(OCc3c(F)cccc3F)cccn2c1C(=O)NC(CO)CCC(O)C(F)(F)F. The molecule has 3 aromatic rings. The van der Waals surface area contributed by atoms with Crippen LogP contribution < -0.4 is 10.1 Å². The first-order valence-corrected chi connectivity index (χ1v) is 10.2. The van der Waals surface area contributed by atoms with Crippen LogP contribution in [0.25, 0.3) is 5.65 Å². The van der Waals surface area contributed by atoms with Gasteiger partial charge >= 0.3 is 6.18 Å². The molecule has 0 saturated carbocycles. The monoisotopic (exact) mass is 487 g/mol. The van der Waals surface area contributed by atoms with Gasteiger partial charge in [-0.05, 0) is 44.0 Å². The number of rotatable bonds is 9. The predicted octanol–water partition coefficient (Wildman–Crippen LogP) is 3.29. The number of aliphatic hydroxyl groups is 2. The molecule has 12 heteroatoms. The number of alkyl halides is 3. The van der Waals surface area contributed by atoms with E-state index < -0.39 is 55.5 Å². The maximum atomic E-state index is 13.9. The average molecular weight is 487 g/mol. The van der Waals surface area contributed by atoms with Crippen molar-refractivity contribution in [1.82, 2.24) is 14.7 Å². The van der Waals surface area contributed by atoms with Crippen LogP contribution in [0, 0.1) is 18.6 Å². The quantitative estimate of drug-likeness (QED) is 0.403. The summed E-state index contributed by atoms with van der Waals surface area (Å²) in [5, 5.41) is 21.0. The minimum atomic E-state index is -4.80. The fourth-order valence-electron chi connectivity index (χ4n) is 3.35. The second-order valence-electron chi connectivity index (χ2n) is 7.59. The van der Waals surface area contributed by atoms with Gasteiger partial charge in [0.05, 0.1) is 23.9 Å². The van der Waals surface area contributed by atoms with Gasteiger partial charge in [0, 0.05) is 6.20 Å². The summed E-state index contributed by atoms with van der Waals surface area (Å²) in [6.07, 6.45) is -6.91. The van der Waals surface area contributed by atoms with Gasteiger partial charge in [-0.15, -0.1) is 0 Å². The van der Waals surface area contributed by atoms with E-state index in [0.29, 0.717) is 0 Å². The number of aryl methyl sites for hydroxylation is 1. The van der Waals surface area contributed by atoms with Crippen molar-refractivity contribution in [3.63, 3.8) is 0 Å². The van der Waals surface area contributed by atoms with Crippen molar-refractivity contribution in [3.05, 3.63) is 65.1 Å². The van der Waals surface area contributed by atoms with Gasteiger partial charge in [-0.2, -0.15) is 13.2 Å². The van der Waals surface area contributed by atoms with Crippen LogP contribution in [0.4, 0.5) is 22.0 Å². The number of ether oxygens (including phenoxy) is 1. The Kier molecular flexibility index (Phi) is 7.72. The summed E-state index contributed by atoms with van der Waals surface area (Å²) in [4.78, 5) is 17.1. The molecule has 3 rings (SSSR count). The summed E-state index contributed by atoms with van der Waals surface area (Å²) in [6.45, 7) is 0.442. The highest BCUT2D eigenvalue weighted by Gasteiger charge is 2.38. The Morgan fingerprint density at radius 2 is 1.85 bits per heavy atom. The van der Waals surface area contributed by atoms with Crippen molar-refractivity contribution in [2.24, 2.45) is 0 Å². The molecule has 0 radical (unpaired) electrons. The summed E-state index contributed by atoms with van der Waals surface area (Å²) < 4.78 is 72.2. The molecule has 34 heavy (non-hydrogen) atoms. The van der Waals surface area contributed by atoms with Crippen LogP contribution in [0.5, 0.6) is 5.75 Å². The number of hydrogen-bond donors (Lipinski definition) is 3. The van der Waals surface area contributed by atoms with E-state index in [1.807, 2.05) is 0 Å². The topological polar surface area (TPSA) is 96.1 Å². The molecule has 7 nitrogen and oxygen atoms in total. The fourth-order valence-corrected chi connectivity index (χ4v) is 3.35. The van der Waals surface area contributed by atoms with E-state index in [1.165, 1.54) is 35.7 Å². The Bertz CT molecular complexity index is 1150. The highest BCUT2D eigenvalue weighted by atomic mass is 19.4. The number of amides is 1. The summed E-state index contributed by atoms with van der Waals surface area (Å²) in [5.41, 5.74) is 0.178. The van der Waals surface area contributed by atoms with Crippen molar-refractivity contribution in [2.45, 2.75) is 44.7 Å². The largest absolute Gasteiger partial charge is 0.485 e. The third-order valence-electron chi connectivity index (χ3n) is 5.16. The first-order valence-electron chi connectivity index (χ1n) is 10.2. The third-order valence-corrected chi connectivity index (χ3v) is 5.16. The third kappa shape index (κ3) is 5.62. The summed E-state index contributed by atoms with van der Waals surface area (Å²) in [6, 6.07) is 5.38. The van der Waals surface area contributed by atoms with E-state index in [-0.39, 0.29) is 34.8 Å². The average Bonchev–Trinajstić information content (AvgIpc) is 3.11. The Balaban J connectivity index is 1.78. The number of pyridine rings is 1. The first kappa shape index (κ1) is 25.4. The van der Waals surface area contributed by atoms with Gasteiger partial charge in [-0.25, -0.2) is 13.8 Å². The van der Waals surface area contributed by atoms with E-state index in [2.05, 4.69) is 10.3 Å². The highest BCUT2D eigenvalue weighted by Crippen LogP contribution is 2.25. The summed E-state index contributed by atoms with van der Waals surface area (Å²) >= 11 is 0. The van der Waals surface area contributed by atoms with E-state index in [4.69, 9.17) is 9.84 Å². The van der Waals surface area contributed by atoms with Gasteiger partial charge < -0.3 is 20.3 Å². The molecule has 1 amide bonds. The maximum Gasteiger partial charge on any atom is 0.414 e. The lowest BCUT2D eigenvalue weighted by molar-refractivity contribution is -0.206. The lowest BCUT2D eigenvalue weighted by atomic mass is 10.1. The number of aliphatic hydroxyl groups excluding tert-OH is 2. The van der Waals surface area contributed by atoms with Gasteiger partial charge in [0.15, 0.2) is 11.4 Å². The molecule has 1 aromatic carbocycles. The number of nitrogens with zero attached hydrogens (tertiary/aromatic N) is 2. The van der Waals surface area contributed by atoms with Crippen molar-refractivity contribution in [1.29, 1.82) is 0 Å². The molecule has 0 saturated heterocycles. The molecular weight excluding hydrogens is 465 g/mol. The molecule has 0 aliphatic heterocycles. The Morgan fingerprint density at radius 3 is 2.47 bits per heavy atom. The Labute approximate surface area is 190 Å². The molecule has 184 valence electrons. The van der Waals surface area contributed by atoms with Gasteiger partial charge in [0.25, 0.3) is 5.91 Å². The maximum absolute atomic E-state index is 13.9. The number of aromatic nitrogens is 2. The molecule has 0 spiro atoms. The number of hydrogen-bond acceptors (Lipinski definition) is 5. The molecular formula is C22H22F5N3O4. The number of carbonyl (C=O) groups is 1. The van der Waals surface area contributed by atoms with Crippen LogP contribution in [0.3, 0.4) is 0 Å². The molecule has 0 aliphatic carbocycles. The molecule has 2 aromatic heterocycles. The number of carbonyl (C=O) groups excluding carboxylic acids is 1. The lowest BCUT2D eigenvalue weighted by Gasteiger charge is -2.19. The van der Waals surface area contributed by atoms with Crippen LogP contribution in [-0.4, -0.2) is 50.4 Å². The van der Waals surface area contributed by atoms with Crippen LogP contribution in [-0.2, 0) is 6.61 Å². The van der Waals surface area contributed by atoms with Crippen LogP contribution >= 0.6 is 0 Å². The standard InChI is InChI=1S/C22H22F5N3O4/c1-12-19(21(33)29-13(10-31)7-8-18(32)22(25,26)27)30-9-3-6-17(20(30)28-12)34-11-14-15(23)4-2-5-16(14)24/h2-6,9,13,18,31-32H,7-8,10-11H2,1H3,(H,29,33). The van der Waals surface area contributed by atoms with Crippen LogP contribution in [0.15, 0.2) is 36.5 Å². The molecule has 0 fully saturated rings. The molecule has 2 atom stereocenters. The van der Waals surface area contributed by atoms with Crippen LogP contribution in [0.2, 0.25) is 0 Å². The second kappa shape index (κ2) is 10.3. The summed E-state index contributed by atoms with van der Waals surface area (Å²) in [5.74, 6) is -2.14. The van der Waals surface area contributed by atoms with Crippen molar-refractivity contribution >= 4 is 11.6 Å². The van der Waals surface area contributed by atoms with E-state index in [0.717, 1.165) is 12.1 Å². The van der Waals surface area contributed by atoms with Gasteiger partial charge in [-0.1, -0.05) is 6.07 Å². The Morgan fingerprint density at radius 1 is 1.18 bits per heavy atom. The van der Waals surface area contributed by atoms with Gasteiger partial charge in [0.1, 0.15) is 30.0 Å². The smallest absolute Gasteiger partial charge is 0.414 e. The fraction of sp³-hybridized carbons (Fsp3) is 0.364. The van der Waals surface area contributed by atoms with Crippen molar-refractivity contribution in [2.75, 3.05) is 6.61 Å². The minimum absolute atomic E-state index is 0.0346. The number of fused-ring (bicyclic) bond motifs is 1. The molecule has 2 unspecified atom stereocenters. The molecule has 0 bridgehead atoms. The zero-order valence-electron chi connectivity index (χ0n) is 17.9. The number of halogens is 5. The van der Waals surface area contributed by atoms with E-state index in [1.54, 1.807) is 0 Å². The number of imidazole rings is 1. The molecule has 2 heterocycles. The van der Waals surface area contributed by atoms with Crippen molar-refractivity contribution in [3.8, 4) is 5.75 Å². The predicted molar refractivity (Wildman–Crippen MR) is 110 cm³/mol.